The number of likely N-dealkylation sites (tertiary alicyclic amines) is 1. The number of benzene rings is 2. The second kappa shape index (κ2) is 7.59. The molecule has 0 bridgehead atoms. The van der Waals surface area contributed by atoms with Gasteiger partial charge in [0, 0.05) is 37.7 Å². The first kappa shape index (κ1) is 18.9. The zero-order valence-electron chi connectivity index (χ0n) is 17.2. The third-order valence-electron chi connectivity index (χ3n) is 6.39. The smallest absolute Gasteiger partial charge is 0.228 e. The molecule has 1 aromatic heterocycles. The Hall–Kier alpha value is -3.15. The van der Waals surface area contributed by atoms with Gasteiger partial charge < -0.3 is 14.8 Å². The van der Waals surface area contributed by atoms with Gasteiger partial charge in [0.05, 0.1) is 17.0 Å². The van der Waals surface area contributed by atoms with E-state index in [2.05, 4.69) is 4.98 Å². The largest absolute Gasteiger partial charge is 0.342 e. The number of aromatic nitrogens is 2. The van der Waals surface area contributed by atoms with Crippen LogP contribution in [0.4, 0.5) is 5.69 Å². The average molecular weight is 402 g/mol. The van der Waals surface area contributed by atoms with Crippen LogP contribution in [0, 0.1) is 12.8 Å². The van der Waals surface area contributed by atoms with Crippen molar-refractivity contribution in [3.8, 4) is 0 Å². The molecule has 1 N–H and O–H groups in total. The predicted molar refractivity (Wildman–Crippen MR) is 116 cm³/mol. The molecule has 2 saturated heterocycles. The van der Waals surface area contributed by atoms with Crippen molar-refractivity contribution < 1.29 is 9.59 Å². The standard InChI is InChI=1S/C24H26N4O2/c1-16-5-4-6-19(13-16)28-15-18(14-22(28)29)24(30)27-11-9-17(10-12-27)23-25-20-7-2-3-8-21(20)26-23/h2-8,13,17-18H,9-12,14-15H2,1H3,(H,25,26). The van der Waals surface area contributed by atoms with Crippen molar-refractivity contribution in [1.82, 2.24) is 14.9 Å². The predicted octanol–water partition coefficient (Wildman–Crippen LogP) is 3.63. The van der Waals surface area contributed by atoms with E-state index in [0.29, 0.717) is 18.9 Å². The molecule has 6 nitrogen and oxygen atoms in total. The summed E-state index contributed by atoms with van der Waals surface area (Å²) in [6.45, 7) is 3.93. The van der Waals surface area contributed by atoms with Crippen LogP contribution >= 0.6 is 0 Å². The van der Waals surface area contributed by atoms with E-state index >= 15 is 0 Å². The Labute approximate surface area is 175 Å². The summed E-state index contributed by atoms with van der Waals surface area (Å²) in [5.74, 6) is 1.26. The van der Waals surface area contributed by atoms with Crippen LogP contribution in [0.25, 0.3) is 11.0 Å². The van der Waals surface area contributed by atoms with Gasteiger partial charge in [0.2, 0.25) is 11.8 Å². The number of amides is 2. The molecule has 30 heavy (non-hydrogen) atoms. The van der Waals surface area contributed by atoms with Crippen molar-refractivity contribution in [3.63, 3.8) is 0 Å². The lowest BCUT2D eigenvalue weighted by atomic mass is 9.95. The van der Waals surface area contributed by atoms with E-state index in [-0.39, 0.29) is 17.7 Å². The molecule has 0 aliphatic carbocycles. The highest BCUT2D eigenvalue weighted by Crippen LogP contribution is 2.31. The van der Waals surface area contributed by atoms with Gasteiger partial charge in [0.15, 0.2) is 0 Å². The summed E-state index contributed by atoms with van der Waals surface area (Å²) < 4.78 is 0. The summed E-state index contributed by atoms with van der Waals surface area (Å²) in [6.07, 6.45) is 2.10. The first-order valence-electron chi connectivity index (χ1n) is 10.7. The van der Waals surface area contributed by atoms with Gasteiger partial charge in [-0.05, 0) is 49.6 Å². The Bertz CT molecular complexity index is 1060. The number of hydrogen-bond donors (Lipinski definition) is 1. The lowest BCUT2D eigenvalue weighted by molar-refractivity contribution is -0.136. The van der Waals surface area contributed by atoms with Crippen LogP contribution in [0.15, 0.2) is 48.5 Å². The summed E-state index contributed by atoms with van der Waals surface area (Å²) >= 11 is 0. The van der Waals surface area contributed by atoms with Gasteiger partial charge in [-0.3, -0.25) is 9.59 Å². The van der Waals surface area contributed by atoms with Crippen LogP contribution < -0.4 is 4.90 Å². The Morgan fingerprint density at radius 3 is 2.67 bits per heavy atom. The quantitative estimate of drug-likeness (QED) is 0.727. The van der Waals surface area contributed by atoms with Gasteiger partial charge in [0.1, 0.15) is 5.82 Å². The van der Waals surface area contributed by atoms with E-state index in [1.54, 1.807) is 4.90 Å². The number of nitrogens with zero attached hydrogens (tertiary/aromatic N) is 3. The number of H-pyrrole nitrogens is 1. The molecule has 3 aromatic rings. The minimum Gasteiger partial charge on any atom is -0.342 e. The summed E-state index contributed by atoms with van der Waals surface area (Å²) in [5.41, 5.74) is 4.06. The van der Waals surface area contributed by atoms with Crippen molar-refractivity contribution in [2.45, 2.75) is 32.1 Å². The van der Waals surface area contributed by atoms with Crippen LogP contribution in [0.1, 0.15) is 36.6 Å². The first-order valence-corrected chi connectivity index (χ1v) is 10.7. The number of carbonyl (C=O) groups excluding carboxylic acids is 2. The van der Waals surface area contributed by atoms with Gasteiger partial charge in [-0.2, -0.15) is 0 Å². The second-order valence-corrected chi connectivity index (χ2v) is 8.48. The number of fused-ring (bicyclic) bond motifs is 1. The number of piperidine rings is 1. The molecule has 0 saturated carbocycles. The van der Waals surface area contributed by atoms with Gasteiger partial charge in [0.25, 0.3) is 0 Å². The van der Waals surface area contributed by atoms with Gasteiger partial charge >= 0.3 is 0 Å². The van der Waals surface area contributed by atoms with E-state index in [4.69, 9.17) is 4.98 Å². The molecular weight excluding hydrogens is 376 g/mol. The molecule has 154 valence electrons. The molecule has 1 unspecified atom stereocenters. The fourth-order valence-corrected chi connectivity index (χ4v) is 4.72. The molecule has 2 fully saturated rings. The van der Waals surface area contributed by atoms with E-state index in [1.807, 2.05) is 60.4 Å². The van der Waals surface area contributed by atoms with Crippen LogP contribution in [0.3, 0.4) is 0 Å². The highest BCUT2D eigenvalue weighted by atomic mass is 16.2. The second-order valence-electron chi connectivity index (χ2n) is 8.48. The van der Waals surface area contributed by atoms with E-state index in [0.717, 1.165) is 54.0 Å². The van der Waals surface area contributed by atoms with Crippen LogP contribution in [-0.4, -0.2) is 46.3 Å². The first-order chi connectivity index (χ1) is 14.6. The molecule has 2 amide bonds. The van der Waals surface area contributed by atoms with Crippen LogP contribution in [0.2, 0.25) is 0 Å². The molecule has 2 aliphatic heterocycles. The number of nitrogens with one attached hydrogen (secondary N) is 1. The molecule has 0 spiro atoms. The van der Waals surface area contributed by atoms with Crippen LogP contribution in [0.5, 0.6) is 0 Å². The van der Waals surface area contributed by atoms with E-state index in [1.165, 1.54) is 0 Å². The molecule has 2 aliphatic rings. The van der Waals surface area contributed by atoms with Crippen molar-refractivity contribution in [2.24, 2.45) is 5.92 Å². The molecule has 6 heteroatoms. The fourth-order valence-electron chi connectivity index (χ4n) is 4.72. The lowest BCUT2D eigenvalue weighted by Gasteiger charge is -2.32. The highest BCUT2D eigenvalue weighted by Gasteiger charge is 2.38. The number of aryl methyl sites for hydroxylation is 1. The van der Waals surface area contributed by atoms with E-state index < -0.39 is 0 Å². The van der Waals surface area contributed by atoms with Crippen LogP contribution in [-0.2, 0) is 9.59 Å². The number of carbonyl (C=O) groups is 2. The number of anilines is 1. The third-order valence-corrected chi connectivity index (χ3v) is 6.39. The monoisotopic (exact) mass is 402 g/mol. The zero-order valence-corrected chi connectivity index (χ0v) is 17.2. The maximum absolute atomic E-state index is 13.1. The highest BCUT2D eigenvalue weighted by molar-refractivity contribution is 6.00. The Kier molecular flexibility index (Phi) is 4.77. The summed E-state index contributed by atoms with van der Waals surface area (Å²) in [6, 6.07) is 16.0. The van der Waals surface area contributed by atoms with Crippen molar-refractivity contribution in [1.29, 1.82) is 0 Å². The summed E-state index contributed by atoms with van der Waals surface area (Å²) in [5, 5.41) is 0. The molecule has 0 radical (unpaired) electrons. The van der Waals surface area contributed by atoms with Gasteiger partial charge in [-0.25, -0.2) is 4.98 Å². The topological polar surface area (TPSA) is 69.3 Å². The molecule has 5 rings (SSSR count). The Morgan fingerprint density at radius 2 is 1.90 bits per heavy atom. The zero-order chi connectivity index (χ0) is 20.7. The van der Waals surface area contributed by atoms with E-state index in [9.17, 15) is 9.59 Å². The van der Waals surface area contributed by atoms with Crippen molar-refractivity contribution in [2.75, 3.05) is 24.5 Å². The minimum absolute atomic E-state index is 0.0381. The molecule has 3 heterocycles. The maximum Gasteiger partial charge on any atom is 0.228 e. The average Bonchev–Trinajstić information content (AvgIpc) is 3.37. The Balaban J connectivity index is 1.22. The number of imidazole rings is 1. The summed E-state index contributed by atoms with van der Waals surface area (Å²) in [7, 11) is 0. The number of rotatable bonds is 3. The molecule has 2 aromatic carbocycles. The Morgan fingerprint density at radius 1 is 1.10 bits per heavy atom. The SMILES string of the molecule is Cc1cccc(N2CC(C(=O)N3CCC(c4nc5ccccc5[nH]4)CC3)CC2=O)c1. The number of hydrogen-bond acceptors (Lipinski definition) is 3. The van der Waals surface area contributed by atoms with Gasteiger partial charge in [-0.15, -0.1) is 0 Å². The summed E-state index contributed by atoms with van der Waals surface area (Å²) in [4.78, 5) is 37.5. The van der Waals surface area contributed by atoms with Crippen molar-refractivity contribution >= 4 is 28.5 Å². The normalized spacial score (nSPS) is 20.3. The third kappa shape index (κ3) is 3.47. The molecular formula is C24H26N4O2. The number of aromatic amines is 1. The minimum atomic E-state index is -0.249. The molecule has 1 atom stereocenters. The fraction of sp³-hybridized carbons (Fsp3) is 0.375. The maximum atomic E-state index is 13.1. The van der Waals surface area contributed by atoms with Crippen molar-refractivity contribution in [3.05, 3.63) is 59.9 Å². The number of para-hydroxylation sites is 2. The lowest BCUT2D eigenvalue weighted by Crippen LogP contribution is -2.42. The van der Waals surface area contributed by atoms with Gasteiger partial charge in [-0.1, -0.05) is 24.3 Å².